The Morgan fingerprint density at radius 1 is 1.21 bits per heavy atom. The largest absolute Gasteiger partial charge is 0.385 e. The van der Waals surface area contributed by atoms with Gasteiger partial charge in [-0.2, -0.15) is 5.10 Å². The normalized spacial score (nSPS) is 17.9. The minimum absolute atomic E-state index is 0.672. The third-order valence-corrected chi connectivity index (χ3v) is 5.87. The number of piperidine rings is 1. The molecule has 0 spiro atoms. The van der Waals surface area contributed by atoms with Crippen molar-refractivity contribution in [3.63, 3.8) is 0 Å². The van der Waals surface area contributed by atoms with Crippen LogP contribution in [0.1, 0.15) is 24.0 Å². The van der Waals surface area contributed by atoms with Crippen LogP contribution in [0.4, 0.5) is 0 Å². The van der Waals surface area contributed by atoms with Crippen LogP contribution in [0.2, 0.25) is 0 Å². The zero-order valence-corrected chi connectivity index (χ0v) is 14.3. The van der Waals surface area contributed by atoms with E-state index in [0.29, 0.717) is 0 Å². The van der Waals surface area contributed by atoms with Crippen molar-refractivity contribution in [3.8, 4) is 10.4 Å². The number of aliphatic hydroxyl groups is 1. The Labute approximate surface area is 145 Å². The van der Waals surface area contributed by atoms with Crippen molar-refractivity contribution < 1.29 is 5.11 Å². The van der Waals surface area contributed by atoms with E-state index in [0.717, 1.165) is 43.6 Å². The van der Waals surface area contributed by atoms with Crippen LogP contribution in [-0.4, -0.2) is 33.3 Å². The summed E-state index contributed by atoms with van der Waals surface area (Å²) in [6.45, 7) is 2.78. The molecule has 1 saturated heterocycles. The molecule has 1 fully saturated rings. The highest BCUT2D eigenvalue weighted by Gasteiger charge is 2.33. The van der Waals surface area contributed by atoms with Crippen LogP contribution in [0, 0.1) is 0 Å². The molecule has 124 valence electrons. The molecule has 0 saturated carbocycles. The second-order valence-electron chi connectivity index (χ2n) is 6.48. The molecule has 5 heteroatoms. The third-order valence-electron chi connectivity index (χ3n) is 4.84. The molecule has 3 aromatic rings. The lowest BCUT2D eigenvalue weighted by Gasteiger charge is -2.38. The topological polar surface area (TPSA) is 52.1 Å². The maximum Gasteiger partial charge on any atom is 0.0920 e. The summed E-state index contributed by atoms with van der Waals surface area (Å²) < 4.78 is 0. The lowest BCUT2D eigenvalue weighted by atomic mass is 9.84. The summed E-state index contributed by atoms with van der Waals surface area (Å²) in [6.07, 6.45) is 5.36. The minimum atomic E-state index is -0.672. The van der Waals surface area contributed by atoms with Gasteiger partial charge in [-0.3, -0.25) is 10.00 Å². The van der Waals surface area contributed by atoms with Crippen LogP contribution in [-0.2, 0) is 12.1 Å². The van der Waals surface area contributed by atoms with E-state index in [1.54, 1.807) is 11.3 Å². The van der Waals surface area contributed by atoms with E-state index in [1.165, 1.54) is 10.4 Å². The smallest absolute Gasteiger partial charge is 0.0920 e. The zero-order chi connectivity index (χ0) is 16.4. The summed E-state index contributed by atoms with van der Waals surface area (Å²) in [6, 6.07) is 12.3. The molecule has 3 heterocycles. The number of likely N-dealkylation sites (tertiary alicyclic amines) is 1. The molecule has 0 amide bonds. The molecule has 0 unspecified atom stereocenters. The van der Waals surface area contributed by atoms with Crippen molar-refractivity contribution in [1.82, 2.24) is 15.1 Å². The minimum Gasteiger partial charge on any atom is -0.385 e. The highest BCUT2D eigenvalue weighted by Crippen LogP contribution is 2.34. The summed E-state index contributed by atoms with van der Waals surface area (Å²) >= 11 is 1.76. The average molecular weight is 339 g/mol. The first-order chi connectivity index (χ1) is 11.7. The first-order valence-electron chi connectivity index (χ1n) is 8.30. The Morgan fingerprint density at radius 3 is 2.71 bits per heavy atom. The number of thiophene rings is 1. The van der Waals surface area contributed by atoms with Crippen molar-refractivity contribution in [2.24, 2.45) is 0 Å². The molecule has 0 bridgehead atoms. The predicted octanol–water partition coefficient (Wildman–Crippen LogP) is 3.62. The summed E-state index contributed by atoms with van der Waals surface area (Å²) in [7, 11) is 0. The number of hydrogen-bond acceptors (Lipinski definition) is 4. The molecule has 1 aromatic carbocycles. The maximum atomic E-state index is 10.9. The van der Waals surface area contributed by atoms with Crippen molar-refractivity contribution in [1.29, 1.82) is 0 Å². The summed E-state index contributed by atoms with van der Waals surface area (Å²) in [5.41, 5.74) is 2.85. The van der Waals surface area contributed by atoms with Gasteiger partial charge in [0.25, 0.3) is 0 Å². The van der Waals surface area contributed by atoms with Gasteiger partial charge in [-0.1, -0.05) is 30.3 Å². The van der Waals surface area contributed by atoms with Gasteiger partial charge in [-0.15, -0.1) is 11.3 Å². The van der Waals surface area contributed by atoms with Gasteiger partial charge in [-0.05, 0) is 35.4 Å². The van der Waals surface area contributed by atoms with Gasteiger partial charge in [0.15, 0.2) is 0 Å². The van der Waals surface area contributed by atoms with Crippen LogP contribution in [0.25, 0.3) is 10.4 Å². The average Bonchev–Trinajstić information content (AvgIpc) is 3.29. The fourth-order valence-corrected chi connectivity index (χ4v) is 4.26. The van der Waals surface area contributed by atoms with Gasteiger partial charge in [0.1, 0.15) is 0 Å². The molecule has 4 rings (SSSR count). The van der Waals surface area contributed by atoms with Crippen molar-refractivity contribution in [3.05, 3.63) is 65.3 Å². The quantitative estimate of drug-likeness (QED) is 0.763. The van der Waals surface area contributed by atoms with E-state index in [4.69, 9.17) is 0 Å². The molecule has 2 aromatic heterocycles. The number of aromatic nitrogens is 2. The predicted molar refractivity (Wildman–Crippen MR) is 96.8 cm³/mol. The number of H-pyrrole nitrogens is 1. The molecule has 0 atom stereocenters. The Kier molecular flexibility index (Phi) is 4.22. The van der Waals surface area contributed by atoms with Crippen molar-refractivity contribution >= 4 is 11.3 Å². The number of hydrogen-bond donors (Lipinski definition) is 2. The second-order valence-corrected chi connectivity index (χ2v) is 7.39. The number of nitrogens with zero attached hydrogens (tertiary/aromatic N) is 2. The zero-order valence-electron chi connectivity index (χ0n) is 13.5. The Hall–Kier alpha value is -1.95. The standard InChI is InChI=1S/C19H21N3OS/c23-19(17-4-2-1-3-5-17)6-8-22(9-7-19)13-15-10-18(24-14-15)16-11-20-21-12-16/h1-5,10-12,14,23H,6-9,13H2,(H,20,21). The molecule has 4 nitrogen and oxygen atoms in total. The lowest BCUT2D eigenvalue weighted by molar-refractivity contribution is -0.0277. The van der Waals surface area contributed by atoms with E-state index in [-0.39, 0.29) is 0 Å². The fourth-order valence-electron chi connectivity index (χ4n) is 3.37. The molecule has 0 aliphatic carbocycles. The summed E-state index contributed by atoms with van der Waals surface area (Å²) in [4.78, 5) is 3.68. The highest BCUT2D eigenvalue weighted by atomic mass is 32.1. The number of rotatable bonds is 4. The van der Waals surface area contributed by atoms with Crippen LogP contribution >= 0.6 is 11.3 Å². The number of aromatic amines is 1. The molecule has 0 radical (unpaired) electrons. The van der Waals surface area contributed by atoms with Crippen molar-refractivity contribution in [2.75, 3.05) is 13.1 Å². The highest BCUT2D eigenvalue weighted by molar-refractivity contribution is 7.13. The molecular weight excluding hydrogens is 318 g/mol. The van der Waals surface area contributed by atoms with Crippen molar-refractivity contribution in [2.45, 2.75) is 25.0 Å². The number of nitrogens with one attached hydrogen (secondary N) is 1. The van der Waals surface area contributed by atoms with E-state index in [1.807, 2.05) is 42.7 Å². The molecule has 24 heavy (non-hydrogen) atoms. The molecule has 2 N–H and O–H groups in total. The van der Waals surface area contributed by atoms with Gasteiger partial charge in [0, 0.05) is 36.3 Å². The van der Waals surface area contributed by atoms with Gasteiger partial charge in [-0.25, -0.2) is 0 Å². The molecule has 1 aliphatic rings. The summed E-state index contributed by atoms with van der Waals surface area (Å²) in [5.74, 6) is 0. The fraction of sp³-hybridized carbons (Fsp3) is 0.316. The van der Waals surface area contributed by atoms with Gasteiger partial charge in [0.2, 0.25) is 0 Å². The van der Waals surface area contributed by atoms with E-state index in [2.05, 4.69) is 26.5 Å². The first-order valence-corrected chi connectivity index (χ1v) is 9.18. The van der Waals surface area contributed by atoms with E-state index in [9.17, 15) is 5.11 Å². The Bertz CT molecular complexity index is 774. The number of benzene rings is 1. The lowest BCUT2D eigenvalue weighted by Crippen LogP contribution is -2.42. The Balaban J connectivity index is 1.38. The molecular formula is C19H21N3OS. The van der Waals surface area contributed by atoms with Crippen LogP contribution < -0.4 is 0 Å². The van der Waals surface area contributed by atoms with Gasteiger partial charge >= 0.3 is 0 Å². The molecule has 1 aliphatic heterocycles. The van der Waals surface area contributed by atoms with Crippen LogP contribution in [0.3, 0.4) is 0 Å². The first kappa shape index (κ1) is 15.6. The van der Waals surface area contributed by atoms with Gasteiger partial charge < -0.3 is 5.11 Å². The Morgan fingerprint density at radius 2 is 2.00 bits per heavy atom. The van der Waals surface area contributed by atoms with Crippen LogP contribution in [0.5, 0.6) is 0 Å². The van der Waals surface area contributed by atoms with E-state index < -0.39 is 5.60 Å². The van der Waals surface area contributed by atoms with Crippen LogP contribution in [0.15, 0.2) is 54.2 Å². The van der Waals surface area contributed by atoms with Gasteiger partial charge in [0.05, 0.1) is 11.8 Å². The summed E-state index contributed by atoms with van der Waals surface area (Å²) in [5, 5.41) is 20.0. The SMILES string of the molecule is OC1(c2ccccc2)CCN(Cc2csc(-c3cn[nH]c3)c2)CC1. The second kappa shape index (κ2) is 6.51. The monoisotopic (exact) mass is 339 g/mol. The third kappa shape index (κ3) is 3.15. The maximum absolute atomic E-state index is 10.9. The van der Waals surface area contributed by atoms with E-state index >= 15 is 0 Å².